The molecule has 0 saturated heterocycles. The summed E-state index contributed by atoms with van der Waals surface area (Å²) >= 11 is 3.49. The third-order valence-corrected chi connectivity index (χ3v) is 3.73. The highest BCUT2D eigenvalue weighted by molar-refractivity contribution is 9.10. The molecule has 0 unspecified atom stereocenters. The Morgan fingerprint density at radius 2 is 1.53 bits per heavy atom. The van der Waals surface area contributed by atoms with Gasteiger partial charge in [0, 0.05) is 10.0 Å². The van der Waals surface area contributed by atoms with Crippen LogP contribution in [0.25, 0.3) is 11.1 Å². The molecule has 2 heteroatoms. The maximum absolute atomic E-state index is 11.6. The Balaban J connectivity index is 2.69. The fourth-order valence-electron chi connectivity index (χ4n) is 2.57. The van der Waals surface area contributed by atoms with Crippen molar-refractivity contribution in [1.29, 1.82) is 0 Å². The molecular weight excluding hydrogens is 300 g/mol. The van der Waals surface area contributed by atoms with Gasteiger partial charge in [-0.3, -0.25) is 4.79 Å². The zero-order valence-electron chi connectivity index (χ0n) is 11.7. The van der Waals surface area contributed by atoms with Gasteiger partial charge in [0.05, 0.1) is 0 Å². The largest absolute Gasteiger partial charge is 0.295 e. The first kappa shape index (κ1) is 14.0. The Bertz CT molecular complexity index is 633. The fraction of sp³-hybridized carbons (Fsp3) is 0.235. The number of ketones is 1. The van der Waals surface area contributed by atoms with Gasteiger partial charge >= 0.3 is 0 Å². The van der Waals surface area contributed by atoms with Crippen molar-refractivity contribution in [3.05, 3.63) is 57.1 Å². The van der Waals surface area contributed by atoms with Crippen molar-refractivity contribution in [3.63, 3.8) is 0 Å². The first-order chi connectivity index (χ1) is 8.88. The number of Topliss-reactive ketones (excluding diaryl/α,β-unsaturated/α-hetero) is 1. The molecule has 0 aliphatic heterocycles. The lowest BCUT2D eigenvalue weighted by Gasteiger charge is -2.13. The Hall–Kier alpha value is -1.41. The first-order valence-electron chi connectivity index (χ1n) is 6.28. The van der Waals surface area contributed by atoms with E-state index < -0.39 is 0 Å². The van der Waals surface area contributed by atoms with Crippen molar-refractivity contribution < 1.29 is 4.79 Å². The number of hydrogen-bond acceptors (Lipinski definition) is 1. The molecular formula is C17H17BrO. The van der Waals surface area contributed by atoms with E-state index in [1.54, 1.807) is 6.92 Å². The van der Waals surface area contributed by atoms with E-state index in [1.807, 2.05) is 12.1 Å². The monoisotopic (exact) mass is 316 g/mol. The summed E-state index contributed by atoms with van der Waals surface area (Å²) in [6.45, 7) is 7.93. The Morgan fingerprint density at radius 1 is 0.947 bits per heavy atom. The maximum atomic E-state index is 11.6. The summed E-state index contributed by atoms with van der Waals surface area (Å²) in [4.78, 5) is 11.6. The Kier molecular flexibility index (Phi) is 3.91. The molecule has 0 atom stereocenters. The van der Waals surface area contributed by atoms with E-state index in [2.05, 4.69) is 54.9 Å². The van der Waals surface area contributed by atoms with Crippen LogP contribution < -0.4 is 0 Å². The van der Waals surface area contributed by atoms with E-state index in [9.17, 15) is 4.79 Å². The van der Waals surface area contributed by atoms with Gasteiger partial charge in [-0.1, -0.05) is 33.6 Å². The summed E-state index contributed by atoms with van der Waals surface area (Å²) in [7, 11) is 0. The average molecular weight is 317 g/mol. The van der Waals surface area contributed by atoms with Gasteiger partial charge in [-0.25, -0.2) is 0 Å². The minimum atomic E-state index is 0.0879. The van der Waals surface area contributed by atoms with Crippen LogP contribution in [-0.2, 0) is 0 Å². The molecule has 98 valence electrons. The van der Waals surface area contributed by atoms with Gasteiger partial charge in [0.15, 0.2) is 5.78 Å². The van der Waals surface area contributed by atoms with Crippen LogP contribution in [0.5, 0.6) is 0 Å². The molecule has 1 nitrogen and oxygen atoms in total. The van der Waals surface area contributed by atoms with Crippen LogP contribution in [0, 0.1) is 20.8 Å². The number of benzene rings is 2. The molecule has 2 aromatic rings. The van der Waals surface area contributed by atoms with Crippen LogP contribution in [0.4, 0.5) is 0 Å². The number of carbonyl (C=O) groups excluding carboxylic acids is 1. The van der Waals surface area contributed by atoms with Gasteiger partial charge in [0.25, 0.3) is 0 Å². The van der Waals surface area contributed by atoms with Crippen LogP contribution in [0.1, 0.15) is 34.0 Å². The van der Waals surface area contributed by atoms with E-state index >= 15 is 0 Å². The summed E-state index contributed by atoms with van der Waals surface area (Å²) in [6.07, 6.45) is 0. The van der Waals surface area contributed by atoms with E-state index in [-0.39, 0.29) is 5.78 Å². The summed E-state index contributed by atoms with van der Waals surface area (Å²) in [5.74, 6) is 0.0879. The van der Waals surface area contributed by atoms with Gasteiger partial charge < -0.3 is 0 Å². The predicted octanol–water partition coefficient (Wildman–Crippen LogP) is 5.24. The van der Waals surface area contributed by atoms with E-state index in [0.29, 0.717) is 0 Å². The molecule has 0 spiro atoms. The van der Waals surface area contributed by atoms with Crippen molar-refractivity contribution in [2.75, 3.05) is 0 Å². The van der Waals surface area contributed by atoms with Crippen LogP contribution in [0.3, 0.4) is 0 Å². The molecule has 19 heavy (non-hydrogen) atoms. The second-order valence-electron chi connectivity index (χ2n) is 5.06. The molecule has 0 aliphatic rings. The highest BCUT2D eigenvalue weighted by Gasteiger charge is 2.10. The highest BCUT2D eigenvalue weighted by Crippen LogP contribution is 2.31. The van der Waals surface area contributed by atoms with Crippen LogP contribution in [-0.4, -0.2) is 5.78 Å². The van der Waals surface area contributed by atoms with Gasteiger partial charge in [-0.15, -0.1) is 0 Å². The number of aryl methyl sites for hydroxylation is 3. The van der Waals surface area contributed by atoms with Crippen LogP contribution in [0.15, 0.2) is 34.8 Å². The van der Waals surface area contributed by atoms with E-state index in [1.165, 1.54) is 22.3 Å². The maximum Gasteiger partial charge on any atom is 0.159 e. The molecule has 0 radical (unpaired) electrons. The quantitative estimate of drug-likeness (QED) is 0.692. The lowest BCUT2D eigenvalue weighted by molar-refractivity contribution is 0.101. The van der Waals surface area contributed by atoms with Gasteiger partial charge in [0.1, 0.15) is 0 Å². The summed E-state index contributed by atoms with van der Waals surface area (Å²) in [5, 5.41) is 0. The Morgan fingerprint density at radius 3 is 2.05 bits per heavy atom. The number of carbonyl (C=O) groups is 1. The molecule has 0 N–H and O–H groups in total. The van der Waals surface area contributed by atoms with E-state index in [0.717, 1.165) is 15.6 Å². The smallest absolute Gasteiger partial charge is 0.159 e. The normalized spacial score (nSPS) is 10.6. The highest BCUT2D eigenvalue weighted by atomic mass is 79.9. The molecule has 2 rings (SSSR count). The summed E-state index contributed by atoms with van der Waals surface area (Å²) in [5.41, 5.74) is 6.79. The number of rotatable bonds is 2. The third kappa shape index (κ3) is 2.95. The SMILES string of the molecule is CC(=O)c1cc(Br)cc(-c2c(C)cc(C)cc2C)c1. The number of hydrogen-bond donors (Lipinski definition) is 0. The molecule has 0 fully saturated rings. The predicted molar refractivity (Wildman–Crippen MR) is 83.8 cm³/mol. The van der Waals surface area contributed by atoms with Crippen LogP contribution >= 0.6 is 15.9 Å². The molecule has 0 aliphatic carbocycles. The first-order valence-corrected chi connectivity index (χ1v) is 7.07. The Labute approximate surface area is 122 Å². The van der Waals surface area contributed by atoms with Crippen molar-refractivity contribution in [1.82, 2.24) is 0 Å². The second-order valence-corrected chi connectivity index (χ2v) is 5.97. The minimum Gasteiger partial charge on any atom is -0.295 e. The third-order valence-electron chi connectivity index (χ3n) is 3.27. The van der Waals surface area contributed by atoms with Crippen molar-refractivity contribution in [2.24, 2.45) is 0 Å². The lowest BCUT2D eigenvalue weighted by Crippen LogP contribution is -1.95. The van der Waals surface area contributed by atoms with Crippen LogP contribution in [0.2, 0.25) is 0 Å². The van der Waals surface area contributed by atoms with Crippen molar-refractivity contribution >= 4 is 21.7 Å². The minimum absolute atomic E-state index is 0.0879. The fourth-order valence-corrected chi connectivity index (χ4v) is 3.07. The second kappa shape index (κ2) is 5.30. The standard InChI is InChI=1S/C17H17BrO/c1-10-5-11(2)17(12(3)6-10)15-7-14(13(4)19)8-16(18)9-15/h5-9H,1-4H3. The summed E-state index contributed by atoms with van der Waals surface area (Å²) < 4.78 is 0.939. The lowest BCUT2D eigenvalue weighted by atomic mass is 9.92. The summed E-state index contributed by atoms with van der Waals surface area (Å²) in [6, 6.07) is 10.3. The molecule has 2 aromatic carbocycles. The van der Waals surface area contributed by atoms with Crippen molar-refractivity contribution in [2.45, 2.75) is 27.7 Å². The van der Waals surface area contributed by atoms with E-state index in [4.69, 9.17) is 0 Å². The molecule has 0 bridgehead atoms. The zero-order chi connectivity index (χ0) is 14.2. The molecule has 0 saturated carbocycles. The number of halogens is 1. The molecule has 0 aromatic heterocycles. The molecule has 0 heterocycles. The molecule has 0 amide bonds. The van der Waals surface area contributed by atoms with Gasteiger partial charge in [-0.2, -0.15) is 0 Å². The zero-order valence-corrected chi connectivity index (χ0v) is 13.3. The average Bonchev–Trinajstić information content (AvgIpc) is 2.26. The topological polar surface area (TPSA) is 17.1 Å². The van der Waals surface area contributed by atoms with Gasteiger partial charge in [0.2, 0.25) is 0 Å². The van der Waals surface area contributed by atoms with Crippen molar-refractivity contribution in [3.8, 4) is 11.1 Å². The van der Waals surface area contributed by atoms with Gasteiger partial charge in [-0.05, 0) is 68.1 Å².